The molecule has 2 aromatic rings. The van der Waals surface area contributed by atoms with Crippen molar-refractivity contribution in [1.29, 1.82) is 0 Å². The van der Waals surface area contributed by atoms with E-state index in [0.29, 0.717) is 5.56 Å². The molecule has 0 aromatic heterocycles. The number of rotatable bonds is 5. The molecule has 2 aromatic carbocycles. The van der Waals surface area contributed by atoms with Gasteiger partial charge in [0, 0.05) is 5.56 Å². The number of ketones is 1. The van der Waals surface area contributed by atoms with Crippen molar-refractivity contribution in [3.8, 4) is 5.75 Å². The summed E-state index contributed by atoms with van der Waals surface area (Å²) in [5, 5.41) is 4.96. The first-order valence-electron chi connectivity index (χ1n) is 6.76. The number of nitrogens with two attached hydrogens (primary N) is 1. The lowest BCUT2D eigenvalue weighted by Gasteiger charge is -2.08. The zero-order valence-corrected chi connectivity index (χ0v) is 13.3. The van der Waals surface area contributed by atoms with Gasteiger partial charge < -0.3 is 4.74 Å². The Kier molecular flexibility index (Phi) is 5.29. The van der Waals surface area contributed by atoms with Gasteiger partial charge in [0.05, 0.1) is 4.90 Å². The molecule has 132 valence electrons. The van der Waals surface area contributed by atoms with E-state index in [0.717, 1.165) is 12.1 Å². The molecule has 2 rings (SSSR count). The van der Waals surface area contributed by atoms with Crippen LogP contribution in [0.5, 0.6) is 5.75 Å². The summed E-state index contributed by atoms with van der Waals surface area (Å²) in [5.74, 6) is -0.772. The average molecular weight is 371 g/mol. The molecule has 0 amide bonds. The molecule has 9 heteroatoms. The smallest absolute Gasteiger partial charge is 0.406 e. The Labute approximate surface area is 141 Å². The fourth-order valence-electron chi connectivity index (χ4n) is 1.86. The Morgan fingerprint density at radius 1 is 1.00 bits per heavy atom. The van der Waals surface area contributed by atoms with Crippen LogP contribution in [0, 0.1) is 0 Å². The van der Waals surface area contributed by atoms with E-state index < -0.39 is 22.2 Å². The third kappa shape index (κ3) is 5.73. The van der Waals surface area contributed by atoms with Gasteiger partial charge in [-0.25, -0.2) is 13.6 Å². The van der Waals surface area contributed by atoms with Crippen LogP contribution in [0.1, 0.15) is 15.9 Å². The fraction of sp³-hybridized carbons (Fsp3) is 0.0625. The summed E-state index contributed by atoms with van der Waals surface area (Å²) < 4.78 is 62.2. The number of ether oxygens (including phenoxy) is 1. The van der Waals surface area contributed by atoms with Crippen LogP contribution in [0.2, 0.25) is 0 Å². The first-order valence-corrected chi connectivity index (χ1v) is 8.30. The van der Waals surface area contributed by atoms with E-state index in [1.54, 1.807) is 0 Å². The predicted molar refractivity (Wildman–Crippen MR) is 84.3 cm³/mol. The Morgan fingerprint density at radius 2 is 1.56 bits per heavy atom. The molecule has 0 aliphatic carbocycles. The van der Waals surface area contributed by atoms with Crippen molar-refractivity contribution in [3.05, 3.63) is 65.7 Å². The molecule has 0 aliphatic heterocycles. The average Bonchev–Trinajstić information content (AvgIpc) is 2.52. The second-order valence-electron chi connectivity index (χ2n) is 4.88. The first-order chi connectivity index (χ1) is 11.5. The van der Waals surface area contributed by atoms with Crippen LogP contribution in [-0.2, 0) is 10.0 Å². The van der Waals surface area contributed by atoms with E-state index in [1.165, 1.54) is 48.6 Å². The number of alkyl halides is 3. The molecule has 0 atom stereocenters. The molecule has 0 spiro atoms. The lowest BCUT2D eigenvalue weighted by Crippen LogP contribution is -2.16. The van der Waals surface area contributed by atoms with E-state index in [2.05, 4.69) is 4.74 Å². The van der Waals surface area contributed by atoms with E-state index in [4.69, 9.17) is 5.14 Å². The maximum absolute atomic E-state index is 12.1. The number of carbonyl (C=O) groups is 1. The lowest BCUT2D eigenvalue weighted by atomic mass is 10.1. The number of hydrogen-bond acceptors (Lipinski definition) is 4. The Morgan fingerprint density at radius 3 is 2.04 bits per heavy atom. The van der Waals surface area contributed by atoms with Crippen molar-refractivity contribution in [2.75, 3.05) is 0 Å². The minimum atomic E-state index is -4.77. The van der Waals surface area contributed by atoms with Gasteiger partial charge in [-0.3, -0.25) is 4.79 Å². The number of allylic oxidation sites excluding steroid dienone is 1. The second kappa shape index (κ2) is 7.08. The highest BCUT2D eigenvalue weighted by Gasteiger charge is 2.30. The zero-order chi connectivity index (χ0) is 18.7. The largest absolute Gasteiger partial charge is 0.573 e. The molecule has 0 fully saturated rings. The SMILES string of the molecule is NS(=O)(=O)c1ccc(C(=O)C=Cc2ccc(OC(F)(F)F)cc2)cc1. The summed E-state index contributed by atoms with van der Waals surface area (Å²) >= 11 is 0. The molecule has 2 N–H and O–H groups in total. The van der Waals surface area contributed by atoms with Gasteiger partial charge in [-0.15, -0.1) is 13.2 Å². The van der Waals surface area contributed by atoms with Crippen molar-refractivity contribution < 1.29 is 31.1 Å². The topological polar surface area (TPSA) is 86.5 Å². The standard InChI is InChI=1S/C16H12F3NO4S/c17-16(18,19)24-13-6-1-11(2-7-13)3-10-15(21)12-4-8-14(9-5-12)25(20,22)23/h1-10H,(H2,20,22,23). The Bertz CT molecular complexity index is 886. The van der Waals surface area contributed by atoms with Crippen molar-refractivity contribution >= 4 is 21.9 Å². The highest BCUT2D eigenvalue weighted by Crippen LogP contribution is 2.23. The van der Waals surface area contributed by atoms with Crippen LogP contribution in [0.15, 0.2) is 59.5 Å². The summed E-state index contributed by atoms with van der Waals surface area (Å²) in [4.78, 5) is 11.9. The summed E-state index contributed by atoms with van der Waals surface area (Å²) in [6.45, 7) is 0. The van der Waals surface area contributed by atoms with E-state index in [9.17, 15) is 26.4 Å². The van der Waals surface area contributed by atoms with Crippen LogP contribution in [0.25, 0.3) is 6.08 Å². The minimum Gasteiger partial charge on any atom is -0.406 e. The van der Waals surface area contributed by atoms with Crippen LogP contribution in [0.3, 0.4) is 0 Å². The van der Waals surface area contributed by atoms with Gasteiger partial charge in [0.25, 0.3) is 0 Å². The maximum atomic E-state index is 12.1. The van der Waals surface area contributed by atoms with E-state index in [-0.39, 0.29) is 16.2 Å². The number of carbonyl (C=O) groups excluding carboxylic acids is 1. The highest BCUT2D eigenvalue weighted by atomic mass is 32.2. The summed E-state index contributed by atoms with van der Waals surface area (Å²) in [7, 11) is -3.84. The molecule has 0 aliphatic rings. The fourth-order valence-corrected chi connectivity index (χ4v) is 2.37. The monoisotopic (exact) mass is 371 g/mol. The molecular formula is C16H12F3NO4S. The summed E-state index contributed by atoms with van der Waals surface area (Å²) in [6, 6.07) is 10.00. The lowest BCUT2D eigenvalue weighted by molar-refractivity contribution is -0.274. The van der Waals surface area contributed by atoms with Gasteiger partial charge >= 0.3 is 6.36 Å². The van der Waals surface area contributed by atoms with E-state index in [1.807, 2.05) is 0 Å². The summed E-state index contributed by atoms with van der Waals surface area (Å²) in [6.07, 6.45) is -2.14. The molecule has 0 heterocycles. The van der Waals surface area contributed by atoms with Gasteiger partial charge in [0.2, 0.25) is 10.0 Å². The zero-order valence-electron chi connectivity index (χ0n) is 12.5. The second-order valence-corrected chi connectivity index (χ2v) is 6.45. The van der Waals surface area contributed by atoms with Crippen LogP contribution >= 0.6 is 0 Å². The van der Waals surface area contributed by atoms with E-state index >= 15 is 0 Å². The number of sulfonamides is 1. The molecular weight excluding hydrogens is 359 g/mol. The minimum absolute atomic E-state index is 0.117. The van der Waals surface area contributed by atoms with Crippen molar-refractivity contribution in [1.82, 2.24) is 0 Å². The number of primary sulfonamides is 1. The molecule has 0 saturated carbocycles. The first kappa shape index (κ1) is 18.7. The third-order valence-electron chi connectivity index (χ3n) is 3.01. The normalized spacial score (nSPS) is 12.3. The van der Waals surface area contributed by atoms with Crippen molar-refractivity contribution in [2.45, 2.75) is 11.3 Å². The van der Waals surface area contributed by atoms with Gasteiger partial charge in [-0.1, -0.05) is 18.2 Å². The number of hydrogen-bond donors (Lipinski definition) is 1. The third-order valence-corrected chi connectivity index (χ3v) is 3.94. The van der Waals surface area contributed by atoms with Crippen LogP contribution in [0.4, 0.5) is 13.2 Å². The Balaban J connectivity index is 2.07. The van der Waals surface area contributed by atoms with Gasteiger partial charge in [0.15, 0.2) is 5.78 Å². The molecule has 0 bridgehead atoms. The Hall–Kier alpha value is -2.65. The molecule has 5 nitrogen and oxygen atoms in total. The van der Waals surface area contributed by atoms with Gasteiger partial charge in [0.1, 0.15) is 5.75 Å². The number of halogens is 3. The molecule has 0 radical (unpaired) electrons. The molecule has 0 unspecified atom stereocenters. The summed E-state index contributed by atoms with van der Waals surface area (Å²) in [5.41, 5.74) is 0.727. The quantitative estimate of drug-likeness (QED) is 0.646. The highest BCUT2D eigenvalue weighted by molar-refractivity contribution is 7.89. The predicted octanol–water partition coefficient (Wildman–Crippen LogP) is 3.13. The van der Waals surface area contributed by atoms with Gasteiger partial charge in [-0.2, -0.15) is 0 Å². The number of benzene rings is 2. The molecule has 25 heavy (non-hydrogen) atoms. The van der Waals surface area contributed by atoms with Crippen molar-refractivity contribution in [2.24, 2.45) is 5.14 Å². The maximum Gasteiger partial charge on any atom is 0.573 e. The van der Waals surface area contributed by atoms with Gasteiger partial charge in [-0.05, 0) is 48.0 Å². The van der Waals surface area contributed by atoms with Crippen LogP contribution in [-0.4, -0.2) is 20.6 Å². The van der Waals surface area contributed by atoms with Crippen molar-refractivity contribution in [3.63, 3.8) is 0 Å². The molecule has 0 saturated heterocycles. The van der Waals surface area contributed by atoms with Crippen LogP contribution < -0.4 is 9.88 Å².